The van der Waals surface area contributed by atoms with Gasteiger partial charge in [0, 0.05) is 22.1 Å². The molecule has 0 atom stereocenters. The fraction of sp³-hybridized carbons (Fsp3) is 0.368. The van der Waals surface area contributed by atoms with Crippen molar-refractivity contribution < 1.29 is 4.39 Å². The number of fused-ring (bicyclic) bond motifs is 1. The fourth-order valence-corrected chi connectivity index (χ4v) is 4.82. The van der Waals surface area contributed by atoms with Crippen LogP contribution >= 0.6 is 23.1 Å². The van der Waals surface area contributed by atoms with E-state index in [-0.39, 0.29) is 5.82 Å². The molecule has 1 aliphatic rings. The number of aryl methyl sites for hydroxylation is 2. The summed E-state index contributed by atoms with van der Waals surface area (Å²) in [7, 11) is 0. The Hall–Kier alpha value is -1.84. The molecule has 0 saturated heterocycles. The number of hydrogen-bond donors (Lipinski definition) is 1. The lowest BCUT2D eigenvalue weighted by molar-refractivity contribution is 0.628. The highest BCUT2D eigenvalue weighted by Crippen LogP contribution is 2.34. The third-order valence-electron chi connectivity index (χ3n) is 4.13. The number of thiophene rings is 1. The number of rotatable bonds is 1. The molecule has 1 aromatic carbocycles. The van der Waals surface area contributed by atoms with Crippen LogP contribution in [0.4, 0.5) is 4.39 Å². The van der Waals surface area contributed by atoms with Crippen LogP contribution in [0.1, 0.15) is 35.3 Å². The predicted molar refractivity (Wildman–Crippen MR) is 105 cm³/mol. The molecule has 0 amide bonds. The first-order chi connectivity index (χ1) is 12.2. The molecule has 2 heterocycles. The first kappa shape index (κ1) is 18.0. The largest absolute Gasteiger partial charge is 0.379 e. The summed E-state index contributed by atoms with van der Waals surface area (Å²) in [6, 6.07) is 8.75. The molecule has 3 rings (SSSR count). The fourth-order valence-electron chi connectivity index (χ4n) is 2.90. The summed E-state index contributed by atoms with van der Waals surface area (Å²) in [5, 5.41) is 9.76. The highest BCUT2D eigenvalue weighted by atomic mass is 32.2. The average molecular weight is 374 g/mol. The van der Waals surface area contributed by atoms with Gasteiger partial charge < -0.3 is 5.73 Å². The van der Waals surface area contributed by atoms with Gasteiger partial charge >= 0.3 is 0 Å². The maximum atomic E-state index is 13.8. The number of nitrogens with zero attached hydrogens (tertiary/aromatic N) is 2. The van der Waals surface area contributed by atoms with E-state index in [1.54, 1.807) is 29.2 Å². The molecule has 0 saturated carbocycles. The van der Waals surface area contributed by atoms with Crippen molar-refractivity contribution in [2.45, 2.75) is 32.1 Å². The average Bonchev–Trinajstić information content (AvgIpc) is 2.99. The molecule has 3 nitrogen and oxygen atoms in total. The lowest BCUT2D eigenvalue weighted by atomic mass is 10.0. The second kappa shape index (κ2) is 8.50. The van der Waals surface area contributed by atoms with Crippen LogP contribution in [0.15, 0.2) is 29.3 Å². The molecule has 2 aromatic rings. The molecule has 0 bridgehead atoms. The number of benzene rings is 1. The standard InChI is InChI=1S/C19H20FN3S2/c20-16-9-13(12-21)8-15(10-16)18-11-14-4-3-7-24-19(22)23-6-2-1-5-17(14)25-18/h8-11H,1-7H2,(H2,22,23). The van der Waals surface area contributed by atoms with Crippen molar-refractivity contribution in [3.63, 3.8) is 0 Å². The third-order valence-corrected chi connectivity index (χ3v) is 6.33. The molecule has 0 spiro atoms. The zero-order chi connectivity index (χ0) is 17.6. The Labute approximate surface area is 155 Å². The number of halogens is 1. The van der Waals surface area contributed by atoms with Crippen LogP contribution in [0.3, 0.4) is 0 Å². The van der Waals surface area contributed by atoms with E-state index in [9.17, 15) is 4.39 Å². The Balaban J connectivity index is 1.86. The minimum atomic E-state index is -0.361. The number of aliphatic imine (C=N–C) groups is 1. The smallest absolute Gasteiger partial charge is 0.153 e. The van der Waals surface area contributed by atoms with Crippen LogP contribution in [0.2, 0.25) is 0 Å². The van der Waals surface area contributed by atoms with E-state index in [4.69, 9.17) is 11.0 Å². The quantitative estimate of drug-likeness (QED) is 0.785. The molecule has 130 valence electrons. The maximum Gasteiger partial charge on any atom is 0.153 e. The Bertz CT molecular complexity index is 821. The van der Waals surface area contributed by atoms with Gasteiger partial charge in [-0.25, -0.2) is 4.39 Å². The third kappa shape index (κ3) is 4.83. The van der Waals surface area contributed by atoms with E-state index in [1.165, 1.54) is 22.6 Å². The van der Waals surface area contributed by atoms with Gasteiger partial charge in [-0.05, 0) is 67.5 Å². The van der Waals surface area contributed by atoms with Crippen molar-refractivity contribution >= 4 is 28.3 Å². The molecule has 25 heavy (non-hydrogen) atoms. The van der Waals surface area contributed by atoms with E-state index in [2.05, 4.69) is 11.1 Å². The van der Waals surface area contributed by atoms with Crippen molar-refractivity contribution in [3.8, 4) is 16.5 Å². The van der Waals surface area contributed by atoms with Crippen molar-refractivity contribution in [1.82, 2.24) is 0 Å². The van der Waals surface area contributed by atoms with Crippen LogP contribution in [-0.4, -0.2) is 17.5 Å². The van der Waals surface area contributed by atoms with Gasteiger partial charge in [0.2, 0.25) is 0 Å². The van der Waals surface area contributed by atoms with E-state index in [0.29, 0.717) is 10.7 Å². The van der Waals surface area contributed by atoms with Crippen LogP contribution < -0.4 is 5.73 Å². The Kier molecular flexibility index (Phi) is 6.11. The second-order valence-electron chi connectivity index (χ2n) is 6.03. The zero-order valence-electron chi connectivity index (χ0n) is 13.9. The van der Waals surface area contributed by atoms with Crippen LogP contribution in [-0.2, 0) is 12.8 Å². The number of nitriles is 1. The van der Waals surface area contributed by atoms with Crippen LogP contribution in [0.5, 0.6) is 0 Å². The van der Waals surface area contributed by atoms with Crippen molar-refractivity contribution in [1.29, 1.82) is 5.26 Å². The van der Waals surface area contributed by atoms with E-state index in [0.717, 1.165) is 54.8 Å². The SMILES string of the molecule is N#Cc1cc(F)cc(-c2cc3c(s2)CCCCN=C(N)SCCC3)c1. The molecule has 0 radical (unpaired) electrons. The lowest BCUT2D eigenvalue weighted by Crippen LogP contribution is -2.09. The number of amidine groups is 1. The van der Waals surface area contributed by atoms with Gasteiger partial charge in [-0.1, -0.05) is 11.8 Å². The monoisotopic (exact) mass is 373 g/mol. The first-order valence-electron chi connectivity index (χ1n) is 8.41. The highest BCUT2D eigenvalue weighted by Gasteiger charge is 2.13. The summed E-state index contributed by atoms with van der Waals surface area (Å²) in [4.78, 5) is 6.80. The molecule has 2 N–H and O–H groups in total. The Morgan fingerprint density at radius 3 is 2.84 bits per heavy atom. The Morgan fingerprint density at radius 1 is 1.12 bits per heavy atom. The van der Waals surface area contributed by atoms with Gasteiger partial charge in [-0.2, -0.15) is 5.26 Å². The van der Waals surface area contributed by atoms with Crippen molar-refractivity contribution in [2.75, 3.05) is 12.3 Å². The molecule has 1 aromatic heterocycles. The van der Waals surface area contributed by atoms with Gasteiger partial charge in [0.1, 0.15) is 5.82 Å². The number of hydrogen-bond acceptors (Lipinski definition) is 5. The van der Waals surface area contributed by atoms with Gasteiger partial charge in [-0.15, -0.1) is 11.3 Å². The molecule has 0 fully saturated rings. The number of thioether (sulfide) groups is 1. The highest BCUT2D eigenvalue weighted by molar-refractivity contribution is 8.13. The van der Waals surface area contributed by atoms with Crippen LogP contribution in [0, 0.1) is 17.1 Å². The van der Waals surface area contributed by atoms with Crippen molar-refractivity contribution in [2.24, 2.45) is 10.7 Å². The molecule has 6 heteroatoms. The van der Waals surface area contributed by atoms with Gasteiger partial charge in [0.25, 0.3) is 0 Å². The van der Waals surface area contributed by atoms with Crippen LogP contribution in [0.25, 0.3) is 10.4 Å². The summed E-state index contributed by atoms with van der Waals surface area (Å²) in [6.07, 6.45) is 5.14. The van der Waals surface area contributed by atoms with Crippen molar-refractivity contribution in [3.05, 3.63) is 46.1 Å². The van der Waals surface area contributed by atoms with Gasteiger partial charge in [-0.3, -0.25) is 4.99 Å². The molecular weight excluding hydrogens is 353 g/mol. The van der Waals surface area contributed by atoms with Gasteiger partial charge in [0.05, 0.1) is 11.6 Å². The summed E-state index contributed by atoms with van der Waals surface area (Å²) in [5.41, 5.74) is 8.39. The minimum Gasteiger partial charge on any atom is -0.379 e. The lowest BCUT2D eigenvalue weighted by Gasteiger charge is -2.06. The molecular formula is C19H20FN3S2. The Morgan fingerprint density at radius 2 is 2.00 bits per heavy atom. The molecule has 0 aliphatic carbocycles. The summed E-state index contributed by atoms with van der Waals surface area (Å²) in [6.45, 7) is 0.780. The van der Waals surface area contributed by atoms with E-state index < -0.39 is 0 Å². The molecule has 0 unspecified atom stereocenters. The normalized spacial score (nSPS) is 16.1. The summed E-state index contributed by atoms with van der Waals surface area (Å²) >= 11 is 3.35. The topological polar surface area (TPSA) is 62.2 Å². The summed E-state index contributed by atoms with van der Waals surface area (Å²) < 4.78 is 13.8. The summed E-state index contributed by atoms with van der Waals surface area (Å²) in [5.74, 6) is 0.596. The maximum absolute atomic E-state index is 13.8. The predicted octanol–water partition coefficient (Wildman–Crippen LogP) is 4.74. The van der Waals surface area contributed by atoms with E-state index in [1.807, 2.05) is 6.07 Å². The zero-order valence-corrected chi connectivity index (χ0v) is 15.6. The second-order valence-corrected chi connectivity index (χ2v) is 8.28. The van der Waals surface area contributed by atoms with Gasteiger partial charge in [0.15, 0.2) is 5.17 Å². The van der Waals surface area contributed by atoms with E-state index >= 15 is 0 Å². The number of nitrogens with two attached hydrogens (primary N) is 1. The first-order valence-corrected chi connectivity index (χ1v) is 10.2. The molecule has 1 aliphatic heterocycles. The minimum absolute atomic E-state index is 0.361.